The van der Waals surface area contributed by atoms with E-state index in [1.54, 1.807) is 7.11 Å². The molecule has 5 nitrogen and oxygen atoms in total. The van der Waals surface area contributed by atoms with Crippen molar-refractivity contribution in [3.63, 3.8) is 0 Å². The zero-order valence-electron chi connectivity index (χ0n) is 12.2. The lowest BCUT2D eigenvalue weighted by molar-refractivity contribution is -0.00951. The van der Waals surface area contributed by atoms with E-state index in [1.165, 1.54) is 12.8 Å². The van der Waals surface area contributed by atoms with E-state index >= 15 is 0 Å². The first-order valence-corrected chi connectivity index (χ1v) is 7.21. The minimum atomic E-state index is -0.330. The number of amides is 2. The van der Waals surface area contributed by atoms with Gasteiger partial charge in [-0.25, -0.2) is 4.79 Å². The third kappa shape index (κ3) is 4.66. The average molecular weight is 270 g/mol. The molecule has 0 radical (unpaired) electrons. The van der Waals surface area contributed by atoms with Crippen molar-refractivity contribution < 1.29 is 14.3 Å². The molecule has 1 aliphatic heterocycles. The standard InChI is InChI=1S/C14H26N2O3/c1-14(2,18-3)9-15-13(17)16-11-6-7-19-12(8-11)10-4-5-10/h10-12H,4-9H2,1-3H3,(H2,15,16,17)/t11-,12+/m1/s1. The molecule has 0 aromatic carbocycles. The summed E-state index contributed by atoms with van der Waals surface area (Å²) in [7, 11) is 1.65. The highest BCUT2D eigenvalue weighted by Crippen LogP contribution is 2.38. The predicted molar refractivity (Wildman–Crippen MR) is 73.1 cm³/mol. The number of carbonyl (C=O) groups excluding carboxylic acids is 1. The maximum atomic E-state index is 11.8. The van der Waals surface area contributed by atoms with Crippen molar-refractivity contribution in [3.05, 3.63) is 0 Å². The van der Waals surface area contributed by atoms with Crippen molar-refractivity contribution in [1.82, 2.24) is 10.6 Å². The summed E-state index contributed by atoms with van der Waals surface area (Å²) in [5.74, 6) is 0.736. The van der Waals surface area contributed by atoms with E-state index in [9.17, 15) is 4.79 Å². The zero-order valence-corrected chi connectivity index (χ0v) is 12.2. The second-order valence-corrected chi connectivity index (χ2v) is 6.26. The summed E-state index contributed by atoms with van der Waals surface area (Å²) >= 11 is 0. The summed E-state index contributed by atoms with van der Waals surface area (Å²) in [6, 6.07) is 0.136. The van der Waals surface area contributed by atoms with Crippen LogP contribution in [-0.4, -0.2) is 44.0 Å². The molecule has 19 heavy (non-hydrogen) atoms. The number of hydrogen-bond donors (Lipinski definition) is 2. The first kappa shape index (κ1) is 14.6. The molecule has 2 amide bonds. The van der Waals surface area contributed by atoms with Crippen LogP contribution in [0.2, 0.25) is 0 Å². The molecule has 2 fully saturated rings. The van der Waals surface area contributed by atoms with Crippen LogP contribution in [0.25, 0.3) is 0 Å². The van der Waals surface area contributed by atoms with E-state index < -0.39 is 0 Å². The molecule has 1 saturated heterocycles. The molecule has 5 heteroatoms. The van der Waals surface area contributed by atoms with Gasteiger partial charge in [0.25, 0.3) is 0 Å². The number of urea groups is 1. The Morgan fingerprint density at radius 2 is 2.11 bits per heavy atom. The largest absolute Gasteiger partial charge is 0.378 e. The van der Waals surface area contributed by atoms with E-state index in [0.29, 0.717) is 12.6 Å². The lowest BCUT2D eigenvalue weighted by Gasteiger charge is -2.31. The third-order valence-electron chi connectivity index (χ3n) is 4.03. The van der Waals surface area contributed by atoms with Gasteiger partial charge in [0, 0.05) is 26.3 Å². The Hall–Kier alpha value is -0.810. The monoisotopic (exact) mass is 270 g/mol. The fraction of sp³-hybridized carbons (Fsp3) is 0.929. The van der Waals surface area contributed by atoms with Gasteiger partial charge >= 0.3 is 6.03 Å². The molecular formula is C14H26N2O3. The lowest BCUT2D eigenvalue weighted by atomic mass is 10.0. The van der Waals surface area contributed by atoms with Crippen LogP contribution in [0.1, 0.15) is 39.5 Å². The van der Waals surface area contributed by atoms with Crippen LogP contribution in [0.15, 0.2) is 0 Å². The number of methoxy groups -OCH3 is 1. The van der Waals surface area contributed by atoms with E-state index in [0.717, 1.165) is 25.4 Å². The number of nitrogens with one attached hydrogen (secondary N) is 2. The summed E-state index contributed by atoms with van der Waals surface area (Å²) in [5, 5.41) is 5.91. The van der Waals surface area contributed by atoms with E-state index in [-0.39, 0.29) is 17.7 Å². The van der Waals surface area contributed by atoms with Gasteiger partial charge < -0.3 is 20.1 Å². The molecule has 2 atom stereocenters. The summed E-state index contributed by atoms with van der Waals surface area (Å²) in [5.41, 5.74) is -0.330. The minimum Gasteiger partial charge on any atom is -0.378 e. The van der Waals surface area contributed by atoms with Crippen molar-refractivity contribution in [2.24, 2.45) is 5.92 Å². The second-order valence-electron chi connectivity index (χ2n) is 6.26. The average Bonchev–Trinajstić information content (AvgIpc) is 3.21. The highest BCUT2D eigenvalue weighted by molar-refractivity contribution is 5.74. The highest BCUT2D eigenvalue weighted by Gasteiger charge is 2.36. The molecule has 0 bridgehead atoms. The molecule has 0 unspecified atom stereocenters. The fourth-order valence-electron chi connectivity index (χ4n) is 2.36. The minimum absolute atomic E-state index is 0.105. The van der Waals surface area contributed by atoms with Crippen molar-refractivity contribution in [3.8, 4) is 0 Å². The zero-order chi connectivity index (χ0) is 13.9. The number of hydrogen-bond acceptors (Lipinski definition) is 3. The Kier molecular flexibility index (Phi) is 4.68. The molecular weight excluding hydrogens is 244 g/mol. The fourth-order valence-corrected chi connectivity index (χ4v) is 2.36. The van der Waals surface area contributed by atoms with Gasteiger partial charge in [-0.3, -0.25) is 0 Å². The molecule has 0 spiro atoms. The van der Waals surface area contributed by atoms with Gasteiger partial charge in [0.1, 0.15) is 0 Å². The van der Waals surface area contributed by atoms with Gasteiger partial charge in [-0.05, 0) is 45.4 Å². The molecule has 0 aromatic rings. The van der Waals surface area contributed by atoms with E-state index in [1.807, 2.05) is 13.8 Å². The normalized spacial score (nSPS) is 27.9. The molecule has 2 aliphatic rings. The number of carbonyl (C=O) groups is 1. The summed E-state index contributed by atoms with van der Waals surface area (Å²) in [4.78, 5) is 11.8. The molecule has 2 N–H and O–H groups in total. The summed E-state index contributed by atoms with van der Waals surface area (Å²) < 4.78 is 11.0. The second kappa shape index (κ2) is 6.09. The van der Waals surface area contributed by atoms with Crippen LogP contribution < -0.4 is 10.6 Å². The van der Waals surface area contributed by atoms with Crippen LogP contribution in [0.5, 0.6) is 0 Å². The first-order chi connectivity index (χ1) is 9.00. The quantitative estimate of drug-likeness (QED) is 0.799. The smallest absolute Gasteiger partial charge is 0.315 e. The Morgan fingerprint density at radius 3 is 2.74 bits per heavy atom. The lowest BCUT2D eigenvalue weighted by Crippen LogP contribution is -2.49. The van der Waals surface area contributed by atoms with Crippen molar-refractivity contribution in [2.45, 2.75) is 57.3 Å². The predicted octanol–water partition coefficient (Wildman–Crippen LogP) is 1.67. The van der Waals surface area contributed by atoms with Gasteiger partial charge in [0.2, 0.25) is 0 Å². The van der Waals surface area contributed by atoms with Crippen LogP contribution in [0.3, 0.4) is 0 Å². The molecule has 0 aromatic heterocycles. The third-order valence-corrected chi connectivity index (χ3v) is 4.03. The van der Waals surface area contributed by atoms with Crippen LogP contribution >= 0.6 is 0 Å². The Balaban J connectivity index is 1.69. The van der Waals surface area contributed by atoms with E-state index in [4.69, 9.17) is 9.47 Å². The van der Waals surface area contributed by atoms with E-state index in [2.05, 4.69) is 10.6 Å². The maximum absolute atomic E-state index is 11.8. The molecule has 1 saturated carbocycles. The highest BCUT2D eigenvalue weighted by atomic mass is 16.5. The maximum Gasteiger partial charge on any atom is 0.315 e. The number of ether oxygens (including phenoxy) is 2. The molecule has 2 rings (SSSR count). The first-order valence-electron chi connectivity index (χ1n) is 7.21. The summed E-state index contributed by atoms with van der Waals surface area (Å²) in [6.45, 7) is 5.16. The Labute approximate surface area is 115 Å². The Morgan fingerprint density at radius 1 is 1.37 bits per heavy atom. The van der Waals surface area contributed by atoms with Crippen molar-refractivity contribution in [2.75, 3.05) is 20.3 Å². The van der Waals surface area contributed by atoms with Crippen molar-refractivity contribution in [1.29, 1.82) is 0 Å². The molecule has 1 aliphatic carbocycles. The molecule has 1 heterocycles. The summed E-state index contributed by atoms with van der Waals surface area (Å²) in [6.07, 6.45) is 4.78. The Bertz CT molecular complexity index is 316. The number of rotatable bonds is 5. The van der Waals surface area contributed by atoms with Gasteiger partial charge in [-0.1, -0.05) is 0 Å². The topological polar surface area (TPSA) is 59.6 Å². The van der Waals surface area contributed by atoms with Gasteiger partial charge in [0.05, 0.1) is 11.7 Å². The van der Waals surface area contributed by atoms with Crippen molar-refractivity contribution >= 4 is 6.03 Å². The van der Waals surface area contributed by atoms with Gasteiger partial charge in [-0.2, -0.15) is 0 Å². The van der Waals surface area contributed by atoms with Crippen LogP contribution in [-0.2, 0) is 9.47 Å². The van der Waals surface area contributed by atoms with Crippen LogP contribution in [0, 0.1) is 5.92 Å². The SMILES string of the molecule is COC(C)(C)CNC(=O)N[C@@H]1CCO[C@H](C2CC2)C1. The van der Waals surface area contributed by atoms with Gasteiger partial charge in [0.15, 0.2) is 0 Å². The van der Waals surface area contributed by atoms with Crippen LogP contribution in [0.4, 0.5) is 4.79 Å². The van der Waals surface area contributed by atoms with Gasteiger partial charge in [-0.15, -0.1) is 0 Å². The molecule has 110 valence electrons.